The summed E-state index contributed by atoms with van der Waals surface area (Å²) in [6, 6.07) is -0.00431. The summed E-state index contributed by atoms with van der Waals surface area (Å²) in [5, 5.41) is 11.9. The van der Waals surface area contributed by atoms with Crippen molar-refractivity contribution in [1.29, 1.82) is 0 Å². The van der Waals surface area contributed by atoms with E-state index in [0.29, 0.717) is 19.0 Å². The first-order chi connectivity index (χ1) is 8.69. The molecule has 18 heavy (non-hydrogen) atoms. The first-order valence-electron chi connectivity index (χ1n) is 6.54. The maximum absolute atomic E-state index is 12.0. The van der Waals surface area contributed by atoms with Crippen molar-refractivity contribution in [3.05, 3.63) is 12.7 Å². The van der Waals surface area contributed by atoms with Crippen molar-refractivity contribution in [1.82, 2.24) is 10.2 Å². The highest BCUT2D eigenvalue weighted by Crippen LogP contribution is 2.18. The molecule has 0 aromatic heterocycles. The Morgan fingerprint density at radius 3 is 2.83 bits per heavy atom. The van der Waals surface area contributed by atoms with Crippen LogP contribution >= 0.6 is 0 Å². The van der Waals surface area contributed by atoms with Gasteiger partial charge >= 0.3 is 6.03 Å². The number of amides is 2. The predicted octanol–water partition coefficient (Wildman–Crippen LogP) is 0.991. The smallest absolute Gasteiger partial charge is 0.317 e. The standard InChI is InChI=1S/C13H24N2O3/c1-3-6-15(7-8-16)13(17)14-11(2)12-4-9-18-10-5-12/h3,11-12,16H,1,4-10H2,2H3,(H,14,17). The number of urea groups is 1. The summed E-state index contributed by atoms with van der Waals surface area (Å²) in [6.45, 7) is 7.94. The molecule has 0 saturated carbocycles. The molecule has 1 heterocycles. The summed E-state index contributed by atoms with van der Waals surface area (Å²) < 4.78 is 5.31. The van der Waals surface area contributed by atoms with Gasteiger partial charge in [-0.2, -0.15) is 0 Å². The normalized spacial score (nSPS) is 18.1. The van der Waals surface area contributed by atoms with Gasteiger partial charge in [-0.15, -0.1) is 6.58 Å². The third-order valence-corrected chi connectivity index (χ3v) is 3.33. The molecule has 5 nitrogen and oxygen atoms in total. The molecule has 1 atom stereocenters. The lowest BCUT2D eigenvalue weighted by Gasteiger charge is -2.30. The fourth-order valence-corrected chi connectivity index (χ4v) is 2.17. The molecule has 2 N–H and O–H groups in total. The zero-order valence-corrected chi connectivity index (χ0v) is 11.1. The minimum absolute atomic E-state index is 0.0348. The molecule has 5 heteroatoms. The van der Waals surface area contributed by atoms with Gasteiger partial charge in [0.1, 0.15) is 0 Å². The Bertz CT molecular complexity index is 265. The molecule has 0 spiro atoms. The minimum atomic E-state index is -0.136. The number of rotatable bonds is 6. The highest BCUT2D eigenvalue weighted by molar-refractivity contribution is 5.74. The Hall–Kier alpha value is -1.07. The number of hydrogen-bond acceptors (Lipinski definition) is 3. The van der Waals surface area contributed by atoms with E-state index < -0.39 is 0 Å². The van der Waals surface area contributed by atoms with Crippen LogP contribution < -0.4 is 5.32 Å². The van der Waals surface area contributed by atoms with E-state index in [-0.39, 0.29) is 18.7 Å². The number of aliphatic hydroxyl groups excluding tert-OH is 1. The van der Waals surface area contributed by atoms with E-state index in [0.717, 1.165) is 26.1 Å². The number of nitrogens with zero attached hydrogens (tertiary/aromatic N) is 1. The summed E-state index contributed by atoms with van der Waals surface area (Å²) in [5.41, 5.74) is 0. The number of carbonyl (C=O) groups excluding carboxylic acids is 1. The van der Waals surface area contributed by atoms with Crippen molar-refractivity contribution in [2.24, 2.45) is 5.92 Å². The molecule has 104 valence electrons. The summed E-state index contributed by atoms with van der Waals surface area (Å²) >= 11 is 0. The molecular weight excluding hydrogens is 232 g/mol. The predicted molar refractivity (Wildman–Crippen MR) is 70.4 cm³/mol. The second-order valence-electron chi connectivity index (χ2n) is 4.65. The first-order valence-corrected chi connectivity index (χ1v) is 6.54. The number of hydrogen-bond donors (Lipinski definition) is 2. The molecule has 1 unspecified atom stereocenters. The fourth-order valence-electron chi connectivity index (χ4n) is 2.17. The van der Waals surface area contributed by atoms with Crippen LogP contribution in [0.1, 0.15) is 19.8 Å². The molecule has 1 aliphatic rings. The van der Waals surface area contributed by atoms with Gasteiger partial charge in [0.25, 0.3) is 0 Å². The Labute approximate surface area is 109 Å². The van der Waals surface area contributed by atoms with Crippen molar-refractivity contribution in [3.63, 3.8) is 0 Å². The average Bonchev–Trinajstić information content (AvgIpc) is 2.39. The van der Waals surface area contributed by atoms with Gasteiger partial charge in [-0.05, 0) is 25.7 Å². The third-order valence-electron chi connectivity index (χ3n) is 3.33. The van der Waals surface area contributed by atoms with Crippen LogP contribution in [0.5, 0.6) is 0 Å². The van der Waals surface area contributed by atoms with Gasteiger partial charge in [-0.25, -0.2) is 4.79 Å². The monoisotopic (exact) mass is 256 g/mol. The lowest BCUT2D eigenvalue weighted by molar-refractivity contribution is 0.0562. The van der Waals surface area contributed by atoms with Crippen LogP contribution in [0.3, 0.4) is 0 Å². The van der Waals surface area contributed by atoms with Crippen LogP contribution in [-0.4, -0.2) is 55.0 Å². The maximum Gasteiger partial charge on any atom is 0.317 e. The average molecular weight is 256 g/mol. The number of nitrogens with one attached hydrogen (secondary N) is 1. The zero-order valence-electron chi connectivity index (χ0n) is 11.1. The SMILES string of the molecule is C=CCN(CCO)C(=O)NC(C)C1CCOCC1. The van der Waals surface area contributed by atoms with Crippen molar-refractivity contribution in [2.75, 3.05) is 32.9 Å². The summed E-state index contributed by atoms with van der Waals surface area (Å²) in [7, 11) is 0. The highest BCUT2D eigenvalue weighted by atomic mass is 16.5. The van der Waals surface area contributed by atoms with Gasteiger partial charge in [0.05, 0.1) is 6.61 Å². The van der Waals surface area contributed by atoms with Gasteiger partial charge in [-0.1, -0.05) is 6.08 Å². The fraction of sp³-hybridized carbons (Fsp3) is 0.769. The van der Waals surface area contributed by atoms with Gasteiger partial charge in [0.2, 0.25) is 0 Å². The lowest BCUT2D eigenvalue weighted by Crippen LogP contribution is -2.48. The van der Waals surface area contributed by atoms with Crippen LogP contribution in [0.15, 0.2) is 12.7 Å². The molecule has 0 radical (unpaired) electrons. The van der Waals surface area contributed by atoms with Gasteiger partial charge < -0.3 is 20.1 Å². The van der Waals surface area contributed by atoms with E-state index in [1.165, 1.54) is 0 Å². The van der Waals surface area contributed by atoms with Crippen molar-refractivity contribution in [3.8, 4) is 0 Å². The van der Waals surface area contributed by atoms with Crippen molar-refractivity contribution >= 4 is 6.03 Å². The molecule has 1 fully saturated rings. The number of ether oxygens (including phenoxy) is 1. The summed E-state index contributed by atoms with van der Waals surface area (Å²) in [4.78, 5) is 13.6. The van der Waals surface area contributed by atoms with E-state index in [1.807, 2.05) is 6.92 Å². The molecule has 0 aromatic carbocycles. The second-order valence-corrected chi connectivity index (χ2v) is 4.65. The molecule has 1 rings (SSSR count). The Morgan fingerprint density at radius 1 is 1.61 bits per heavy atom. The number of carbonyl (C=O) groups is 1. The summed E-state index contributed by atoms with van der Waals surface area (Å²) in [6.07, 6.45) is 3.64. The zero-order chi connectivity index (χ0) is 13.4. The number of aliphatic hydroxyl groups is 1. The second kappa shape index (κ2) is 8.11. The van der Waals surface area contributed by atoms with E-state index in [4.69, 9.17) is 9.84 Å². The van der Waals surface area contributed by atoms with Crippen LogP contribution in [-0.2, 0) is 4.74 Å². The minimum Gasteiger partial charge on any atom is -0.395 e. The Kier molecular flexibility index (Phi) is 6.75. The molecule has 1 saturated heterocycles. The third kappa shape index (κ3) is 4.66. The maximum atomic E-state index is 12.0. The quantitative estimate of drug-likeness (QED) is 0.697. The lowest BCUT2D eigenvalue weighted by atomic mass is 9.93. The van der Waals surface area contributed by atoms with E-state index in [1.54, 1.807) is 11.0 Å². The molecule has 0 aliphatic carbocycles. The van der Waals surface area contributed by atoms with E-state index in [9.17, 15) is 4.79 Å². The first kappa shape index (κ1) is 15.0. The van der Waals surface area contributed by atoms with Gasteiger partial charge in [0.15, 0.2) is 0 Å². The van der Waals surface area contributed by atoms with Crippen molar-refractivity contribution in [2.45, 2.75) is 25.8 Å². The van der Waals surface area contributed by atoms with Gasteiger partial charge in [0, 0.05) is 32.3 Å². The molecule has 1 aliphatic heterocycles. The molecule has 0 bridgehead atoms. The van der Waals surface area contributed by atoms with Crippen LogP contribution in [0.4, 0.5) is 4.79 Å². The molecule has 2 amide bonds. The van der Waals surface area contributed by atoms with Gasteiger partial charge in [-0.3, -0.25) is 0 Å². The van der Waals surface area contributed by atoms with Crippen LogP contribution in [0.2, 0.25) is 0 Å². The Balaban J connectivity index is 2.42. The summed E-state index contributed by atoms with van der Waals surface area (Å²) in [5.74, 6) is 0.474. The molecule has 0 aromatic rings. The van der Waals surface area contributed by atoms with Crippen LogP contribution in [0, 0.1) is 5.92 Å². The molecular formula is C13H24N2O3. The van der Waals surface area contributed by atoms with E-state index >= 15 is 0 Å². The largest absolute Gasteiger partial charge is 0.395 e. The van der Waals surface area contributed by atoms with E-state index in [2.05, 4.69) is 11.9 Å². The Morgan fingerprint density at radius 2 is 2.28 bits per heavy atom. The highest BCUT2D eigenvalue weighted by Gasteiger charge is 2.23. The van der Waals surface area contributed by atoms with Crippen molar-refractivity contribution < 1.29 is 14.6 Å². The van der Waals surface area contributed by atoms with Crippen LogP contribution in [0.25, 0.3) is 0 Å². The topological polar surface area (TPSA) is 61.8 Å².